The highest BCUT2D eigenvalue weighted by Gasteiger charge is 2.17. The molecule has 0 radical (unpaired) electrons. The second-order valence-corrected chi connectivity index (χ2v) is 4.67. The fourth-order valence-corrected chi connectivity index (χ4v) is 1.52. The summed E-state index contributed by atoms with van der Waals surface area (Å²) in [4.78, 5) is 26.1. The SMILES string of the molecule is CN(C[PH](=O)O)C(=N)NP(=O)(O)O. The largest absolute Gasteiger partial charge is 0.429 e. The quantitative estimate of drug-likeness (QED) is 0.238. The van der Waals surface area contributed by atoms with E-state index < -0.39 is 21.7 Å². The van der Waals surface area contributed by atoms with Crippen LogP contribution in [0.2, 0.25) is 0 Å². The van der Waals surface area contributed by atoms with Crippen molar-refractivity contribution in [3.05, 3.63) is 0 Å². The van der Waals surface area contributed by atoms with Gasteiger partial charge in [0, 0.05) is 7.05 Å². The third-order valence-corrected chi connectivity index (χ3v) is 2.25. The molecule has 0 saturated heterocycles. The first kappa shape index (κ1) is 12.6. The molecule has 0 bridgehead atoms. The Hall–Kier alpha value is -0.390. The fraction of sp³-hybridized carbons (Fsp3) is 0.667. The molecule has 0 amide bonds. The zero-order valence-electron chi connectivity index (χ0n) is 6.76. The summed E-state index contributed by atoms with van der Waals surface area (Å²) in [6.07, 6.45) is -0.323. The highest BCUT2D eigenvalue weighted by atomic mass is 31.2. The van der Waals surface area contributed by atoms with E-state index in [1.807, 2.05) is 0 Å². The van der Waals surface area contributed by atoms with Crippen LogP contribution in [0.3, 0.4) is 0 Å². The van der Waals surface area contributed by atoms with Crippen LogP contribution in [0, 0.1) is 5.41 Å². The molecule has 13 heavy (non-hydrogen) atoms. The molecule has 5 N–H and O–H groups in total. The molecule has 0 heterocycles. The second-order valence-electron chi connectivity index (χ2n) is 2.25. The van der Waals surface area contributed by atoms with Gasteiger partial charge in [-0.2, -0.15) is 0 Å². The third kappa shape index (κ3) is 6.74. The molecular formula is C3H11N3O5P2. The van der Waals surface area contributed by atoms with E-state index in [-0.39, 0.29) is 6.29 Å². The zero-order chi connectivity index (χ0) is 10.6. The number of nitrogens with one attached hydrogen (secondary N) is 2. The van der Waals surface area contributed by atoms with Crippen LogP contribution in [0.1, 0.15) is 0 Å². The monoisotopic (exact) mass is 231 g/mol. The minimum Gasteiger partial charge on any atom is -0.345 e. The molecule has 0 saturated carbocycles. The molecule has 0 aromatic heterocycles. The van der Waals surface area contributed by atoms with Gasteiger partial charge in [0.1, 0.15) is 0 Å². The van der Waals surface area contributed by atoms with Crippen LogP contribution < -0.4 is 5.09 Å². The molecule has 0 aromatic rings. The lowest BCUT2D eigenvalue weighted by Crippen LogP contribution is -2.35. The average Bonchev–Trinajstić information content (AvgIpc) is 1.81. The predicted molar refractivity (Wildman–Crippen MR) is 46.8 cm³/mol. The van der Waals surface area contributed by atoms with Gasteiger partial charge in [0.15, 0.2) is 5.96 Å². The van der Waals surface area contributed by atoms with E-state index >= 15 is 0 Å². The average molecular weight is 231 g/mol. The minimum atomic E-state index is -4.51. The Morgan fingerprint density at radius 1 is 1.69 bits per heavy atom. The van der Waals surface area contributed by atoms with Crippen LogP contribution in [-0.2, 0) is 9.13 Å². The van der Waals surface area contributed by atoms with Crippen LogP contribution in [-0.4, -0.2) is 38.9 Å². The van der Waals surface area contributed by atoms with Crippen LogP contribution >= 0.6 is 15.8 Å². The molecule has 0 aliphatic rings. The molecule has 1 atom stereocenters. The van der Waals surface area contributed by atoms with Crippen molar-refractivity contribution in [2.45, 2.75) is 0 Å². The first-order chi connectivity index (χ1) is 5.72. The highest BCUT2D eigenvalue weighted by Crippen LogP contribution is 2.28. The summed E-state index contributed by atoms with van der Waals surface area (Å²) in [6, 6.07) is 0. The normalized spacial score (nSPS) is 13.5. The van der Waals surface area contributed by atoms with Crippen molar-refractivity contribution in [3.8, 4) is 0 Å². The van der Waals surface area contributed by atoms with Gasteiger partial charge in [-0.1, -0.05) is 0 Å². The van der Waals surface area contributed by atoms with Gasteiger partial charge in [-0.05, 0) is 0 Å². The van der Waals surface area contributed by atoms with E-state index in [0.29, 0.717) is 0 Å². The Morgan fingerprint density at radius 3 is 2.46 bits per heavy atom. The zero-order valence-corrected chi connectivity index (χ0v) is 8.65. The van der Waals surface area contributed by atoms with Gasteiger partial charge in [-0.3, -0.25) is 15.1 Å². The van der Waals surface area contributed by atoms with E-state index in [1.54, 1.807) is 5.09 Å². The maximum Gasteiger partial charge on any atom is 0.429 e. The van der Waals surface area contributed by atoms with Crippen molar-refractivity contribution in [2.75, 3.05) is 13.3 Å². The molecule has 0 rings (SSSR count). The van der Waals surface area contributed by atoms with Crippen LogP contribution in [0.5, 0.6) is 0 Å². The first-order valence-corrected chi connectivity index (χ1v) is 6.25. The Labute approximate surface area is 75.2 Å². The number of nitrogens with zero attached hydrogens (tertiary/aromatic N) is 1. The summed E-state index contributed by atoms with van der Waals surface area (Å²) in [5, 5.41) is 8.60. The van der Waals surface area contributed by atoms with Gasteiger partial charge in [0.25, 0.3) is 0 Å². The smallest absolute Gasteiger partial charge is 0.345 e. The lowest BCUT2D eigenvalue weighted by atomic mass is 10.8. The Morgan fingerprint density at radius 2 is 2.15 bits per heavy atom. The standard InChI is InChI=1S/C3H11N3O5P2/c1-6(2-12(7)8)3(4)5-13(9,10)11/h12H,2H2,1H3,(H,7,8)(H4,4,5,9,10,11). The van der Waals surface area contributed by atoms with Gasteiger partial charge in [0.2, 0.25) is 8.03 Å². The summed E-state index contributed by atoms with van der Waals surface area (Å²) >= 11 is 0. The Bertz CT molecular complexity index is 262. The summed E-state index contributed by atoms with van der Waals surface area (Å²) in [7, 11) is -6.03. The molecule has 0 spiro atoms. The number of guanidine groups is 1. The maximum atomic E-state index is 10.3. The summed E-state index contributed by atoms with van der Waals surface area (Å²) in [6.45, 7) is 0. The lowest BCUT2D eigenvalue weighted by molar-refractivity contribution is 0.363. The summed E-state index contributed by atoms with van der Waals surface area (Å²) in [5.41, 5.74) is 0. The van der Waals surface area contributed by atoms with Gasteiger partial charge in [-0.15, -0.1) is 0 Å². The molecule has 0 aromatic carbocycles. The topological polar surface area (TPSA) is 134 Å². The van der Waals surface area contributed by atoms with Crippen molar-refractivity contribution in [2.24, 2.45) is 0 Å². The highest BCUT2D eigenvalue weighted by molar-refractivity contribution is 7.50. The number of rotatable bonds is 3. The van der Waals surface area contributed by atoms with Crippen LogP contribution in [0.15, 0.2) is 0 Å². The van der Waals surface area contributed by atoms with Crippen molar-refractivity contribution in [1.82, 2.24) is 9.99 Å². The van der Waals surface area contributed by atoms with Crippen molar-refractivity contribution >= 4 is 21.7 Å². The van der Waals surface area contributed by atoms with Crippen molar-refractivity contribution < 1.29 is 23.8 Å². The second kappa shape index (κ2) is 4.74. The van der Waals surface area contributed by atoms with Gasteiger partial charge < -0.3 is 19.6 Å². The molecule has 0 fully saturated rings. The lowest BCUT2D eigenvalue weighted by Gasteiger charge is -2.19. The molecule has 10 heteroatoms. The van der Waals surface area contributed by atoms with Gasteiger partial charge in [0.05, 0.1) is 6.29 Å². The molecule has 8 nitrogen and oxygen atoms in total. The van der Waals surface area contributed by atoms with Crippen LogP contribution in [0.4, 0.5) is 0 Å². The molecule has 0 aliphatic heterocycles. The van der Waals surface area contributed by atoms with E-state index in [2.05, 4.69) is 0 Å². The molecular weight excluding hydrogens is 220 g/mol. The van der Waals surface area contributed by atoms with Gasteiger partial charge in [-0.25, -0.2) is 4.57 Å². The minimum absolute atomic E-state index is 0.323. The van der Waals surface area contributed by atoms with Crippen molar-refractivity contribution in [1.29, 1.82) is 5.41 Å². The van der Waals surface area contributed by atoms with Gasteiger partial charge >= 0.3 is 7.75 Å². The van der Waals surface area contributed by atoms with Crippen LogP contribution in [0.25, 0.3) is 0 Å². The Balaban J connectivity index is 4.12. The summed E-state index contributed by atoms with van der Waals surface area (Å²) in [5.74, 6) is -0.597. The number of hydrogen-bond acceptors (Lipinski definition) is 3. The van der Waals surface area contributed by atoms with E-state index in [9.17, 15) is 9.13 Å². The number of hydrogen-bond donors (Lipinski definition) is 5. The predicted octanol–water partition coefficient (Wildman–Crippen LogP) is -1.04. The first-order valence-electron chi connectivity index (χ1n) is 3.07. The molecule has 0 aliphatic carbocycles. The molecule has 78 valence electrons. The van der Waals surface area contributed by atoms with E-state index in [1.165, 1.54) is 7.05 Å². The summed E-state index contributed by atoms with van der Waals surface area (Å²) < 4.78 is 20.6. The van der Waals surface area contributed by atoms with E-state index in [4.69, 9.17) is 20.1 Å². The van der Waals surface area contributed by atoms with E-state index in [0.717, 1.165) is 4.90 Å². The maximum absolute atomic E-state index is 10.3. The van der Waals surface area contributed by atoms with Crippen molar-refractivity contribution in [3.63, 3.8) is 0 Å². The molecule has 1 unspecified atom stereocenters. The third-order valence-electron chi connectivity index (χ3n) is 1.01. The fourth-order valence-electron chi connectivity index (χ4n) is 0.505. The Kier molecular flexibility index (Phi) is 4.60.